The van der Waals surface area contributed by atoms with Crippen LogP contribution in [0.3, 0.4) is 0 Å². The quantitative estimate of drug-likeness (QED) is 0.809. The Morgan fingerprint density at radius 2 is 1.76 bits per heavy atom. The molecule has 1 amide bonds. The minimum Gasteiger partial charge on any atom is -0.381 e. The molecule has 0 spiro atoms. The SMILES string of the molecule is CN(C(=O)C1CCOCC1)C1CCNCC1.Cl. The zero-order valence-electron chi connectivity index (χ0n) is 10.5. The molecule has 0 radical (unpaired) electrons. The fourth-order valence-electron chi connectivity index (χ4n) is 2.61. The van der Waals surface area contributed by atoms with E-state index >= 15 is 0 Å². The summed E-state index contributed by atoms with van der Waals surface area (Å²) in [5.74, 6) is 0.531. The van der Waals surface area contributed by atoms with E-state index in [0.29, 0.717) is 11.9 Å². The first-order valence-electron chi connectivity index (χ1n) is 6.34. The van der Waals surface area contributed by atoms with E-state index < -0.39 is 0 Å². The van der Waals surface area contributed by atoms with Crippen molar-refractivity contribution in [3.8, 4) is 0 Å². The van der Waals surface area contributed by atoms with E-state index in [-0.39, 0.29) is 18.3 Å². The van der Waals surface area contributed by atoms with Crippen LogP contribution in [-0.2, 0) is 9.53 Å². The molecular formula is C12H23ClN2O2. The zero-order valence-corrected chi connectivity index (χ0v) is 11.3. The second-order valence-electron chi connectivity index (χ2n) is 4.82. The third kappa shape index (κ3) is 3.83. The van der Waals surface area contributed by atoms with Gasteiger partial charge in [0.2, 0.25) is 5.91 Å². The second-order valence-corrected chi connectivity index (χ2v) is 4.82. The van der Waals surface area contributed by atoms with Gasteiger partial charge in [0.05, 0.1) is 0 Å². The molecule has 2 fully saturated rings. The van der Waals surface area contributed by atoms with E-state index in [4.69, 9.17) is 4.74 Å². The molecule has 2 rings (SSSR count). The number of carbonyl (C=O) groups excluding carboxylic acids is 1. The molecule has 2 saturated heterocycles. The van der Waals surface area contributed by atoms with Gasteiger partial charge in [0.1, 0.15) is 0 Å². The van der Waals surface area contributed by atoms with Crippen LogP contribution in [0.15, 0.2) is 0 Å². The number of nitrogens with zero attached hydrogens (tertiary/aromatic N) is 1. The normalized spacial score (nSPS) is 22.9. The van der Waals surface area contributed by atoms with Crippen molar-refractivity contribution in [1.82, 2.24) is 10.2 Å². The molecule has 0 aromatic carbocycles. The molecule has 2 aliphatic heterocycles. The number of piperidine rings is 1. The average Bonchev–Trinajstić information content (AvgIpc) is 2.39. The molecule has 100 valence electrons. The fraction of sp³-hybridized carbons (Fsp3) is 0.917. The largest absolute Gasteiger partial charge is 0.381 e. The van der Waals surface area contributed by atoms with Gasteiger partial charge in [-0.15, -0.1) is 12.4 Å². The van der Waals surface area contributed by atoms with Gasteiger partial charge in [0.25, 0.3) is 0 Å². The lowest BCUT2D eigenvalue weighted by molar-refractivity contribution is -0.139. The molecule has 0 aromatic rings. The molecule has 0 saturated carbocycles. The first-order chi connectivity index (χ1) is 7.79. The topological polar surface area (TPSA) is 41.6 Å². The van der Waals surface area contributed by atoms with Gasteiger partial charge in [-0.25, -0.2) is 0 Å². The Labute approximate surface area is 109 Å². The third-order valence-corrected chi connectivity index (χ3v) is 3.77. The summed E-state index contributed by atoms with van der Waals surface area (Å²) >= 11 is 0. The van der Waals surface area contributed by atoms with Crippen molar-refractivity contribution >= 4 is 18.3 Å². The van der Waals surface area contributed by atoms with Crippen molar-refractivity contribution in [2.45, 2.75) is 31.7 Å². The van der Waals surface area contributed by atoms with E-state index in [9.17, 15) is 4.79 Å². The van der Waals surface area contributed by atoms with Crippen LogP contribution >= 0.6 is 12.4 Å². The fourth-order valence-corrected chi connectivity index (χ4v) is 2.61. The Kier molecular flexibility index (Phi) is 6.23. The van der Waals surface area contributed by atoms with Crippen LogP contribution in [-0.4, -0.2) is 50.2 Å². The van der Waals surface area contributed by atoms with Crippen LogP contribution in [0, 0.1) is 5.92 Å². The molecule has 0 aliphatic carbocycles. The third-order valence-electron chi connectivity index (χ3n) is 3.77. The van der Waals surface area contributed by atoms with Gasteiger partial charge in [-0.3, -0.25) is 4.79 Å². The Morgan fingerprint density at radius 3 is 2.35 bits per heavy atom. The number of nitrogens with one attached hydrogen (secondary N) is 1. The van der Waals surface area contributed by atoms with Crippen molar-refractivity contribution in [2.75, 3.05) is 33.4 Å². The monoisotopic (exact) mass is 262 g/mol. The highest BCUT2D eigenvalue weighted by molar-refractivity contribution is 5.85. The zero-order chi connectivity index (χ0) is 11.4. The number of ether oxygens (including phenoxy) is 1. The van der Waals surface area contributed by atoms with Crippen molar-refractivity contribution < 1.29 is 9.53 Å². The van der Waals surface area contributed by atoms with Crippen molar-refractivity contribution in [2.24, 2.45) is 5.92 Å². The van der Waals surface area contributed by atoms with Crippen molar-refractivity contribution in [3.63, 3.8) is 0 Å². The maximum atomic E-state index is 12.2. The van der Waals surface area contributed by atoms with Gasteiger partial charge in [0.15, 0.2) is 0 Å². The lowest BCUT2D eigenvalue weighted by Gasteiger charge is -2.34. The number of hydrogen-bond donors (Lipinski definition) is 1. The molecule has 1 N–H and O–H groups in total. The highest BCUT2D eigenvalue weighted by Gasteiger charge is 2.28. The maximum Gasteiger partial charge on any atom is 0.225 e. The number of carbonyl (C=O) groups is 1. The van der Waals surface area contributed by atoms with Gasteiger partial charge in [-0.2, -0.15) is 0 Å². The Balaban J connectivity index is 0.00000144. The van der Waals surface area contributed by atoms with Crippen molar-refractivity contribution in [1.29, 1.82) is 0 Å². The summed E-state index contributed by atoms with van der Waals surface area (Å²) in [6, 6.07) is 0.441. The number of amides is 1. The van der Waals surface area contributed by atoms with Crippen LogP contribution in [0.5, 0.6) is 0 Å². The highest BCUT2D eigenvalue weighted by atomic mass is 35.5. The highest BCUT2D eigenvalue weighted by Crippen LogP contribution is 2.20. The summed E-state index contributed by atoms with van der Waals surface area (Å²) in [5.41, 5.74) is 0. The van der Waals surface area contributed by atoms with E-state index in [1.165, 1.54) is 0 Å². The maximum absolute atomic E-state index is 12.2. The molecule has 0 atom stereocenters. The summed E-state index contributed by atoms with van der Waals surface area (Å²) in [7, 11) is 1.97. The first-order valence-corrected chi connectivity index (χ1v) is 6.34. The lowest BCUT2D eigenvalue weighted by atomic mass is 9.96. The van der Waals surface area contributed by atoms with Gasteiger partial charge >= 0.3 is 0 Å². The number of halogens is 1. The summed E-state index contributed by atoms with van der Waals surface area (Å²) < 4.78 is 5.29. The standard InChI is InChI=1S/C12H22N2O2.ClH/c1-14(11-2-6-13-7-3-11)12(15)10-4-8-16-9-5-10;/h10-11,13H,2-9H2,1H3;1H. The Hall–Kier alpha value is -0.320. The average molecular weight is 263 g/mol. The van der Waals surface area contributed by atoms with Crippen LogP contribution < -0.4 is 5.32 Å². The Morgan fingerprint density at radius 1 is 1.18 bits per heavy atom. The summed E-state index contributed by atoms with van der Waals surface area (Å²) in [4.78, 5) is 14.2. The summed E-state index contributed by atoms with van der Waals surface area (Å²) in [5, 5.41) is 3.33. The molecular weight excluding hydrogens is 240 g/mol. The van der Waals surface area contributed by atoms with Crippen molar-refractivity contribution in [3.05, 3.63) is 0 Å². The molecule has 0 bridgehead atoms. The second kappa shape index (κ2) is 7.19. The van der Waals surface area contributed by atoms with Gasteiger partial charge in [-0.1, -0.05) is 0 Å². The predicted molar refractivity (Wildman–Crippen MR) is 69.5 cm³/mol. The summed E-state index contributed by atoms with van der Waals surface area (Å²) in [6.07, 6.45) is 3.97. The molecule has 2 heterocycles. The van der Waals surface area contributed by atoms with E-state index in [1.54, 1.807) is 0 Å². The van der Waals surface area contributed by atoms with Gasteiger partial charge in [0, 0.05) is 32.2 Å². The van der Waals surface area contributed by atoms with Crippen LogP contribution in [0.2, 0.25) is 0 Å². The number of hydrogen-bond acceptors (Lipinski definition) is 3. The molecule has 0 aromatic heterocycles. The molecule has 4 nitrogen and oxygen atoms in total. The lowest BCUT2D eigenvalue weighted by Crippen LogP contribution is -2.46. The van der Waals surface area contributed by atoms with E-state index in [0.717, 1.165) is 52.0 Å². The molecule has 5 heteroatoms. The Bertz CT molecular complexity index is 239. The van der Waals surface area contributed by atoms with E-state index in [2.05, 4.69) is 5.32 Å². The van der Waals surface area contributed by atoms with Gasteiger partial charge < -0.3 is 15.0 Å². The first kappa shape index (κ1) is 14.7. The van der Waals surface area contributed by atoms with E-state index in [1.807, 2.05) is 11.9 Å². The number of rotatable bonds is 2. The van der Waals surface area contributed by atoms with Gasteiger partial charge in [-0.05, 0) is 38.8 Å². The smallest absolute Gasteiger partial charge is 0.225 e. The minimum absolute atomic E-state index is 0. The molecule has 0 unspecified atom stereocenters. The van der Waals surface area contributed by atoms with Crippen LogP contribution in [0.25, 0.3) is 0 Å². The predicted octanol–water partition coefficient (Wildman–Crippen LogP) is 1.05. The van der Waals surface area contributed by atoms with Crippen LogP contribution in [0.4, 0.5) is 0 Å². The van der Waals surface area contributed by atoms with Crippen LogP contribution in [0.1, 0.15) is 25.7 Å². The minimum atomic E-state index is 0. The summed E-state index contributed by atoms with van der Waals surface area (Å²) in [6.45, 7) is 3.57. The molecule has 2 aliphatic rings. The molecule has 17 heavy (non-hydrogen) atoms.